The molecule has 1 N–H and O–H groups in total. The topological polar surface area (TPSA) is 62.1 Å². The average Bonchev–Trinajstić information content (AvgIpc) is 3.06. The van der Waals surface area contributed by atoms with E-state index in [0.29, 0.717) is 17.0 Å². The molecule has 1 amide bonds. The zero-order valence-corrected chi connectivity index (χ0v) is 15.6. The van der Waals surface area contributed by atoms with Crippen molar-refractivity contribution in [2.75, 3.05) is 0 Å². The van der Waals surface area contributed by atoms with Gasteiger partial charge in [0.15, 0.2) is 6.10 Å². The van der Waals surface area contributed by atoms with E-state index >= 15 is 0 Å². The van der Waals surface area contributed by atoms with Crippen LogP contribution in [0.4, 0.5) is 9.18 Å². The Kier molecular flexibility index (Phi) is 6.64. The highest BCUT2D eigenvalue weighted by Gasteiger charge is 2.20. The van der Waals surface area contributed by atoms with Gasteiger partial charge in [0.2, 0.25) is 0 Å². The molecule has 2 rings (SSSR count). The zero-order chi connectivity index (χ0) is 19.2. The third-order valence-electron chi connectivity index (χ3n) is 4.10. The summed E-state index contributed by atoms with van der Waals surface area (Å²) in [4.78, 5) is 11.8. The van der Waals surface area contributed by atoms with Crippen LogP contribution in [0.15, 0.2) is 18.2 Å². The second kappa shape index (κ2) is 8.72. The Morgan fingerprint density at radius 1 is 1.38 bits per heavy atom. The van der Waals surface area contributed by atoms with Gasteiger partial charge in [-0.25, -0.2) is 9.18 Å². The molecule has 26 heavy (non-hydrogen) atoms. The summed E-state index contributed by atoms with van der Waals surface area (Å²) in [6.45, 7) is 5.42. The molecule has 0 radical (unpaired) electrons. The minimum atomic E-state index is -1.05. The predicted octanol–water partition coefficient (Wildman–Crippen LogP) is 4.33. The molecule has 1 saturated carbocycles. The van der Waals surface area contributed by atoms with Crippen LogP contribution < -0.4 is 5.32 Å². The third kappa shape index (κ3) is 6.41. The smallest absolute Gasteiger partial charge is 0.408 e. The Morgan fingerprint density at radius 2 is 2.08 bits per heavy atom. The number of rotatable bonds is 3. The fourth-order valence-electron chi connectivity index (χ4n) is 2.82. The van der Waals surface area contributed by atoms with Crippen molar-refractivity contribution >= 4 is 6.09 Å². The first-order valence-corrected chi connectivity index (χ1v) is 8.95. The van der Waals surface area contributed by atoms with Crippen LogP contribution >= 0.6 is 0 Å². The van der Waals surface area contributed by atoms with Gasteiger partial charge in [-0.3, -0.25) is 0 Å². The summed E-state index contributed by atoms with van der Waals surface area (Å²) in [7, 11) is 0. The Hall–Kier alpha value is -2.53. The minimum absolute atomic E-state index is 0.00374. The molecule has 0 spiro atoms. The Bertz CT molecular complexity index is 744. The van der Waals surface area contributed by atoms with Gasteiger partial charge in [0.25, 0.3) is 0 Å². The van der Waals surface area contributed by atoms with E-state index in [-0.39, 0.29) is 6.42 Å². The molecule has 1 aliphatic rings. The fraction of sp³-hybridized carbons (Fsp3) is 0.524. The van der Waals surface area contributed by atoms with Gasteiger partial charge in [-0.1, -0.05) is 30.7 Å². The average molecular weight is 356 g/mol. The van der Waals surface area contributed by atoms with Crippen LogP contribution in [0.2, 0.25) is 0 Å². The minimum Gasteiger partial charge on any atom is -0.430 e. The molecule has 0 heterocycles. The Balaban J connectivity index is 1.99. The summed E-state index contributed by atoms with van der Waals surface area (Å²) in [5.41, 5.74) is 0.478. The number of carbonyl (C=O) groups excluding carboxylic acids is 1. The molecule has 1 atom stereocenters. The number of nitrogens with zero attached hydrogens (tertiary/aromatic N) is 1. The van der Waals surface area contributed by atoms with E-state index in [9.17, 15) is 14.4 Å². The first-order valence-electron chi connectivity index (χ1n) is 8.95. The van der Waals surface area contributed by atoms with Gasteiger partial charge in [0, 0.05) is 23.4 Å². The summed E-state index contributed by atoms with van der Waals surface area (Å²) in [5.74, 6) is 6.20. The van der Waals surface area contributed by atoms with Gasteiger partial charge in [-0.2, -0.15) is 5.26 Å². The quantitative estimate of drug-likeness (QED) is 0.820. The Morgan fingerprint density at radius 3 is 2.65 bits per heavy atom. The largest absolute Gasteiger partial charge is 0.430 e. The highest BCUT2D eigenvalue weighted by molar-refractivity contribution is 5.68. The van der Waals surface area contributed by atoms with E-state index < -0.39 is 23.6 Å². The van der Waals surface area contributed by atoms with Crippen molar-refractivity contribution in [2.24, 2.45) is 5.92 Å². The van der Waals surface area contributed by atoms with E-state index in [1.54, 1.807) is 32.9 Å². The molecule has 0 aliphatic heterocycles. The lowest BCUT2D eigenvalue weighted by molar-refractivity contribution is 0.114. The van der Waals surface area contributed by atoms with Crippen molar-refractivity contribution in [3.05, 3.63) is 35.1 Å². The van der Waals surface area contributed by atoms with Crippen LogP contribution in [0.3, 0.4) is 0 Å². The number of ether oxygens (including phenoxy) is 1. The number of halogens is 1. The molecule has 0 unspecified atom stereocenters. The first-order chi connectivity index (χ1) is 12.3. The number of nitrogens with one attached hydrogen (secondary N) is 1. The molecule has 0 saturated heterocycles. The van der Waals surface area contributed by atoms with Crippen LogP contribution in [0, 0.1) is 34.9 Å². The fourth-order valence-corrected chi connectivity index (χ4v) is 2.82. The standard InChI is InChI=1S/C21H25FN2O2/c1-21(2,3)24-20(25)26-18(14-23)13-17-11-10-16(12-19(17)22)9-8-15-6-4-5-7-15/h10-12,15,18H,4-7,13H2,1-3H3,(H,24,25)/t18-/m0/s1. The van der Waals surface area contributed by atoms with Gasteiger partial charge in [-0.05, 0) is 51.3 Å². The van der Waals surface area contributed by atoms with Gasteiger partial charge in [-0.15, -0.1) is 0 Å². The second-order valence-corrected chi connectivity index (χ2v) is 7.66. The van der Waals surface area contributed by atoms with Crippen LogP contribution in [0.25, 0.3) is 0 Å². The summed E-state index contributed by atoms with van der Waals surface area (Å²) < 4.78 is 19.4. The monoisotopic (exact) mass is 356 g/mol. The zero-order valence-electron chi connectivity index (χ0n) is 15.6. The van der Waals surface area contributed by atoms with E-state index in [2.05, 4.69) is 17.2 Å². The number of alkyl carbamates (subject to hydrolysis) is 1. The molecule has 0 bridgehead atoms. The van der Waals surface area contributed by atoms with Gasteiger partial charge >= 0.3 is 6.09 Å². The SMILES string of the molecule is CC(C)(C)NC(=O)O[C@H](C#N)Cc1ccc(C#CC2CCCC2)cc1F. The van der Waals surface area contributed by atoms with Crippen molar-refractivity contribution in [2.45, 2.75) is 64.5 Å². The molecule has 4 nitrogen and oxygen atoms in total. The molecule has 1 fully saturated rings. The number of hydrogen-bond donors (Lipinski definition) is 1. The molecule has 5 heteroatoms. The van der Waals surface area contributed by atoms with E-state index in [4.69, 9.17) is 4.74 Å². The van der Waals surface area contributed by atoms with Gasteiger partial charge in [0.1, 0.15) is 11.9 Å². The lowest BCUT2D eigenvalue weighted by Crippen LogP contribution is -2.42. The molecule has 1 aromatic rings. The van der Waals surface area contributed by atoms with Crippen molar-refractivity contribution < 1.29 is 13.9 Å². The maximum atomic E-state index is 14.3. The first kappa shape index (κ1) is 19.8. The lowest BCUT2D eigenvalue weighted by Gasteiger charge is -2.21. The van der Waals surface area contributed by atoms with Crippen molar-refractivity contribution in [3.8, 4) is 17.9 Å². The number of benzene rings is 1. The van der Waals surface area contributed by atoms with Crippen molar-refractivity contribution in [1.29, 1.82) is 5.26 Å². The van der Waals surface area contributed by atoms with Crippen molar-refractivity contribution in [1.82, 2.24) is 5.32 Å². The molecular formula is C21H25FN2O2. The summed E-state index contributed by atoms with van der Waals surface area (Å²) in [5, 5.41) is 11.8. The predicted molar refractivity (Wildman–Crippen MR) is 97.7 cm³/mol. The number of nitriles is 1. The second-order valence-electron chi connectivity index (χ2n) is 7.66. The van der Waals surface area contributed by atoms with Crippen LogP contribution in [-0.4, -0.2) is 17.7 Å². The molecule has 1 aliphatic carbocycles. The number of carbonyl (C=O) groups is 1. The van der Waals surface area contributed by atoms with Crippen LogP contribution in [-0.2, 0) is 11.2 Å². The molecule has 1 aromatic carbocycles. The normalized spacial score (nSPS) is 15.5. The number of hydrogen-bond acceptors (Lipinski definition) is 3. The van der Waals surface area contributed by atoms with Crippen LogP contribution in [0.1, 0.15) is 57.6 Å². The lowest BCUT2D eigenvalue weighted by atomic mass is 10.0. The van der Waals surface area contributed by atoms with Gasteiger partial charge < -0.3 is 10.1 Å². The number of amides is 1. The van der Waals surface area contributed by atoms with E-state index in [0.717, 1.165) is 12.8 Å². The maximum absolute atomic E-state index is 14.3. The van der Waals surface area contributed by atoms with Crippen molar-refractivity contribution in [3.63, 3.8) is 0 Å². The molecule has 0 aromatic heterocycles. The molecular weight excluding hydrogens is 331 g/mol. The summed E-state index contributed by atoms with van der Waals surface area (Å²) in [6, 6.07) is 6.61. The summed E-state index contributed by atoms with van der Waals surface area (Å²) in [6.07, 6.45) is 2.91. The van der Waals surface area contributed by atoms with Crippen LogP contribution in [0.5, 0.6) is 0 Å². The van der Waals surface area contributed by atoms with E-state index in [1.807, 2.05) is 6.07 Å². The third-order valence-corrected chi connectivity index (χ3v) is 4.10. The highest BCUT2D eigenvalue weighted by atomic mass is 19.1. The maximum Gasteiger partial charge on any atom is 0.408 e. The summed E-state index contributed by atoms with van der Waals surface area (Å²) >= 11 is 0. The van der Waals surface area contributed by atoms with Gasteiger partial charge in [0.05, 0.1) is 0 Å². The van der Waals surface area contributed by atoms with E-state index in [1.165, 1.54) is 18.9 Å². The molecule has 138 valence electrons. The highest BCUT2D eigenvalue weighted by Crippen LogP contribution is 2.24. The Labute approximate surface area is 154 Å².